The molecule has 2 nitrogen and oxygen atoms in total. The molecule has 0 unspecified atom stereocenters. The van der Waals surface area contributed by atoms with Crippen molar-refractivity contribution < 1.29 is 9.47 Å². The Kier molecular flexibility index (Phi) is 8.47. The highest BCUT2D eigenvalue weighted by Gasteiger charge is 2.05. The zero-order valence-electron chi connectivity index (χ0n) is 7.31. The van der Waals surface area contributed by atoms with Gasteiger partial charge in [-0.1, -0.05) is 0 Å². The lowest BCUT2D eigenvalue weighted by Crippen LogP contribution is -2.17. The van der Waals surface area contributed by atoms with Gasteiger partial charge < -0.3 is 9.47 Å². The zero-order chi connectivity index (χ0) is 8.53. The first-order valence-corrected chi connectivity index (χ1v) is 4.67. The second-order valence-electron chi connectivity index (χ2n) is 2.17. The first kappa shape index (κ1) is 11.2. The fraction of sp³-hybridized carbons (Fsp3) is 1.00. The quantitative estimate of drug-likeness (QED) is 0.443. The molecule has 0 aliphatic heterocycles. The summed E-state index contributed by atoms with van der Waals surface area (Å²) in [6, 6.07) is 0. The van der Waals surface area contributed by atoms with Crippen molar-refractivity contribution >= 4 is 11.6 Å². The molecule has 0 aromatic rings. The molecule has 0 saturated carbocycles. The van der Waals surface area contributed by atoms with Crippen LogP contribution in [0.2, 0.25) is 0 Å². The molecule has 0 fully saturated rings. The fourth-order valence-corrected chi connectivity index (χ4v) is 0.985. The van der Waals surface area contributed by atoms with Crippen molar-refractivity contribution in [2.45, 2.75) is 33.0 Å². The first-order valence-electron chi connectivity index (χ1n) is 4.14. The Morgan fingerprint density at radius 2 is 1.73 bits per heavy atom. The lowest BCUT2D eigenvalue weighted by Gasteiger charge is -2.15. The van der Waals surface area contributed by atoms with Crippen molar-refractivity contribution in [3.63, 3.8) is 0 Å². The van der Waals surface area contributed by atoms with Gasteiger partial charge in [-0.15, -0.1) is 11.6 Å². The van der Waals surface area contributed by atoms with Gasteiger partial charge in [0.25, 0.3) is 0 Å². The molecule has 11 heavy (non-hydrogen) atoms. The van der Waals surface area contributed by atoms with Gasteiger partial charge >= 0.3 is 0 Å². The summed E-state index contributed by atoms with van der Waals surface area (Å²) >= 11 is 5.53. The van der Waals surface area contributed by atoms with Crippen molar-refractivity contribution in [3.05, 3.63) is 0 Å². The number of halogens is 1. The molecule has 3 heteroatoms. The average molecular weight is 181 g/mol. The number of ether oxygens (including phenoxy) is 2. The SMILES string of the molecule is CCOC(CCCCl)OCC. The minimum Gasteiger partial charge on any atom is -0.353 e. The van der Waals surface area contributed by atoms with Crippen LogP contribution < -0.4 is 0 Å². The third-order valence-electron chi connectivity index (χ3n) is 1.28. The van der Waals surface area contributed by atoms with Gasteiger partial charge in [0.15, 0.2) is 6.29 Å². The maximum absolute atomic E-state index is 5.53. The van der Waals surface area contributed by atoms with E-state index in [1.54, 1.807) is 0 Å². The summed E-state index contributed by atoms with van der Waals surface area (Å²) in [4.78, 5) is 0. The highest BCUT2D eigenvalue weighted by Crippen LogP contribution is 2.04. The van der Waals surface area contributed by atoms with Crippen molar-refractivity contribution in [3.8, 4) is 0 Å². The summed E-state index contributed by atoms with van der Waals surface area (Å²) in [5.41, 5.74) is 0. The lowest BCUT2D eigenvalue weighted by atomic mass is 10.3. The molecule has 0 amide bonds. The summed E-state index contributed by atoms with van der Waals surface area (Å²) < 4.78 is 10.6. The standard InChI is InChI=1S/C8H17ClO2/c1-3-10-8(11-4-2)6-5-7-9/h8H,3-7H2,1-2H3. The molecule has 0 radical (unpaired) electrons. The van der Waals surface area contributed by atoms with Crippen LogP contribution in [-0.4, -0.2) is 25.4 Å². The maximum Gasteiger partial charge on any atom is 0.157 e. The van der Waals surface area contributed by atoms with Crippen LogP contribution in [-0.2, 0) is 9.47 Å². The molecule has 0 saturated heterocycles. The molecule has 0 aliphatic rings. The predicted octanol–water partition coefficient (Wildman–Crippen LogP) is 2.40. The number of hydrogen-bond acceptors (Lipinski definition) is 2. The third-order valence-corrected chi connectivity index (χ3v) is 1.55. The van der Waals surface area contributed by atoms with E-state index in [1.807, 2.05) is 13.8 Å². The maximum atomic E-state index is 5.53. The van der Waals surface area contributed by atoms with E-state index in [0.717, 1.165) is 12.8 Å². The van der Waals surface area contributed by atoms with E-state index in [2.05, 4.69) is 0 Å². The van der Waals surface area contributed by atoms with Crippen LogP contribution in [0.5, 0.6) is 0 Å². The first-order chi connectivity index (χ1) is 5.35. The van der Waals surface area contributed by atoms with Crippen LogP contribution in [0.4, 0.5) is 0 Å². The second-order valence-corrected chi connectivity index (χ2v) is 2.55. The summed E-state index contributed by atoms with van der Waals surface area (Å²) in [6.45, 7) is 5.33. The summed E-state index contributed by atoms with van der Waals surface area (Å²) in [6.07, 6.45) is 1.79. The van der Waals surface area contributed by atoms with Gasteiger partial charge in [-0.3, -0.25) is 0 Å². The summed E-state index contributed by atoms with van der Waals surface area (Å²) in [7, 11) is 0. The normalized spacial score (nSPS) is 10.9. The van der Waals surface area contributed by atoms with E-state index in [1.165, 1.54) is 0 Å². The lowest BCUT2D eigenvalue weighted by molar-refractivity contribution is -0.139. The van der Waals surface area contributed by atoms with Crippen LogP contribution in [0.15, 0.2) is 0 Å². The molecule has 68 valence electrons. The monoisotopic (exact) mass is 180 g/mol. The molecule has 0 aliphatic carbocycles. The van der Waals surface area contributed by atoms with Gasteiger partial charge in [-0.25, -0.2) is 0 Å². The van der Waals surface area contributed by atoms with Crippen LogP contribution in [0.3, 0.4) is 0 Å². The Labute approximate surface area is 73.8 Å². The van der Waals surface area contributed by atoms with Crippen LogP contribution in [0.25, 0.3) is 0 Å². The Morgan fingerprint density at radius 1 is 1.18 bits per heavy atom. The number of hydrogen-bond donors (Lipinski definition) is 0. The number of rotatable bonds is 7. The smallest absolute Gasteiger partial charge is 0.157 e. The molecule has 0 N–H and O–H groups in total. The molecule has 0 aromatic heterocycles. The van der Waals surface area contributed by atoms with Gasteiger partial charge in [0.1, 0.15) is 0 Å². The van der Waals surface area contributed by atoms with Gasteiger partial charge in [-0.2, -0.15) is 0 Å². The Bertz CT molecular complexity index is 72.5. The van der Waals surface area contributed by atoms with Crippen LogP contribution >= 0.6 is 11.6 Å². The average Bonchev–Trinajstić information content (AvgIpc) is 2.01. The summed E-state index contributed by atoms with van der Waals surface area (Å²) in [5, 5.41) is 0. The van der Waals surface area contributed by atoms with Gasteiger partial charge in [0, 0.05) is 19.1 Å². The Hall–Kier alpha value is 0.210. The molecule has 0 rings (SSSR count). The van der Waals surface area contributed by atoms with Crippen LogP contribution in [0, 0.1) is 0 Å². The molecule has 0 atom stereocenters. The second kappa shape index (κ2) is 8.31. The largest absolute Gasteiger partial charge is 0.353 e. The summed E-state index contributed by atoms with van der Waals surface area (Å²) in [5.74, 6) is 0.677. The third kappa shape index (κ3) is 6.60. The highest BCUT2D eigenvalue weighted by atomic mass is 35.5. The molecule has 0 spiro atoms. The van der Waals surface area contributed by atoms with Gasteiger partial charge in [0.05, 0.1) is 0 Å². The van der Waals surface area contributed by atoms with E-state index < -0.39 is 0 Å². The van der Waals surface area contributed by atoms with Gasteiger partial charge in [-0.05, 0) is 26.7 Å². The van der Waals surface area contributed by atoms with E-state index in [4.69, 9.17) is 21.1 Å². The minimum atomic E-state index is -0.0521. The molecular formula is C8H17ClO2. The molecule has 0 aromatic carbocycles. The van der Waals surface area contributed by atoms with E-state index in [0.29, 0.717) is 19.1 Å². The van der Waals surface area contributed by atoms with E-state index in [9.17, 15) is 0 Å². The number of alkyl halides is 1. The molecule has 0 bridgehead atoms. The van der Waals surface area contributed by atoms with Crippen molar-refractivity contribution in [2.75, 3.05) is 19.1 Å². The van der Waals surface area contributed by atoms with Crippen molar-refractivity contribution in [2.24, 2.45) is 0 Å². The molecular weight excluding hydrogens is 164 g/mol. The van der Waals surface area contributed by atoms with E-state index >= 15 is 0 Å². The van der Waals surface area contributed by atoms with E-state index in [-0.39, 0.29) is 6.29 Å². The highest BCUT2D eigenvalue weighted by molar-refractivity contribution is 6.17. The zero-order valence-corrected chi connectivity index (χ0v) is 8.06. The minimum absolute atomic E-state index is 0.0521. The topological polar surface area (TPSA) is 18.5 Å². The fourth-order valence-electron chi connectivity index (χ4n) is 0.830. The van der Waals surface area contributed by atoms with Gasteiger partial charge in [0.2, 0.25) is 0 Å². The van der Waals surface area contributed by atoms with Crippen LogP contribution in [0.1, 0.15) is 26.7 Å². The molecule has 0 heterocycles. The predicted molar refractivity (Wildman–Crippen MR) is 47.0 cm³/mol. The van der Waals surface area contributed by atoms with Crippen molar-refractivity contribution in [1.82, 2.24) is 0 Å². The Morgan fingerprint density at radius 3 is 2.09 bits per heavy atom. The Balaban J connectivity index is 3.34. The van der Waals surface area contributed by atoms with Crippen molar-refractivity contribution in [1.29, 1.82) is 0 Å².